The molecule has 0 radical (unpaired) electrons. The van der Waals surface area contributed by atoms with Gasteiger partial charge >= 0.3 is 5.97 Å². The lowest BCUT2D eigenvalue weighted by molar-refractivity contribution is -0.151. The molecule has 1 unspecified atom stereocenters. The Labute approximate surface area is 135 Å². The highest BCUT2D eigenvalue weighted by atomic mass is 35.5. The first-order chi connectivity index (χ1) is 10.4. The van der Waals surface area contributed by atoms with Crippen molar-refractivity contribution >= 4 is 27.6 Å². The summed E-state index contributed by atoms with van der Waals surface area (Å²) < 4.78 is 31.3. The molecule has 0 saturated carbocycles. The monoisotopic (exact) mass is 349 g/mol. The highest BCUT2D eigenvalue weighted by molar-refractivity contribution is 7.89. The number of carboxylic acid groups (broad SMARTS) is 1. The molecule has 1 atom stereocenters. The number of carbonyl (C=O) groups is 1. The summed E-state index contributed by atoms with van der Waals surface area (Å²) in [5, 5.41) is 9.45. The molecule has 0 aliphatic rings. The minimum atomic E-state index is -3.98. The summed E-state index contributed by atoms with van der Waals surface area (Å²) in [4.78, 5) is 11.0. The molecule has 1 aromatic carbocycles. The van der Waals surface area contributed by atoms with Gasteiger partial charge in [-0.05, 0) is 30.7 Å². The van der Waals surface area contributed by atoms with Gasteiger partial charge in [0.05, 0.1) is 4.90 Å². The molecule has 1 aromatic rings. The van der Waals surface area contributed by atoms with Crippen LogP contribution in [0.5, 0.6) is 0 Å². The number of hydrogen-bond acceptors (Lipinski definition) is 4. The smallest absolute Gasteiger partial charge is 0.349 e. The maximum absolute atomic E-state index is 12.1. The quantitative estimate of drug-likeness (QED) is 0.500. The number of sulfonamides is 1. The second kappa shape index (κ2) is 9.09. The standard InChI is InChI=1S/C14H20ClNO5S/c1-2-3-4-5-10-21-13(14(17)18)16-22(19,20)12-8-6-11(15)7-9-12/h6-9,13,16H,2-5,10H2,1H3,(H,17,18). The van der Waals surface area contributed by atoms with Crippen LogP contribution in [0.3, 0.4) is 0 Å². The van der Waals surface area contributed by atoms with E-state index in [4.69, 9.17) is 21.4 Å². The molecule has 8 heteroatoms. The fourth-order valence-corrected chi connectivity index (χ4v) is 2.92. The average molecular weight is 350 g/mol. The number of nitrogens with one attached hydrogen (secondary N) is 1. The van der Waals surface area contributed by atoms with E-state index < -0.39 is 22.2 Å². The first-order valence-electron chi connectivity index (χ1n) is 6.99. The minimum Gasteiger partial charge on any atom is -0.478 e. The van der Waals surface area contributed by atoms with Gasteiger partial charge in [-0.25, -0.2) is 13.2 Å². The molecule has 0 spiro atoms. The number of carboxylic acids is 1. The minimum absolute atomic E-state index is 0.0715. The Balaban J connectivity index is 2.65. The topological polar surface area (TPSA) is 92.7 Å². The van der Waals surface area contributed by atoms with Gasteiger partial charge in [0.15, 0.2) is 0 Å². The van der Waals surface area contributed by atoms with Crippen molar-refractivity contribution in [3.63, 3.8) is 0 Å². The van der Waals surface area contributed by atoms with Crippen LogP contribution in [0.15, 0.2) is 29.2 Å². The molecule has 0 fully saturated rings. The van der Waals surface area contributed by atoms with Crippen molar-refractivity contribution in [3.8, 4) is 0 Å². The summed E-state index contributed by atoms with van der Waals surface area (Å²) in [6, 6.07) is 5.42. The van der Waals surface area contributed by atoms with Gasteiger partial charge in [0.25, 0.3) is 0 Å². The van der Waals surface area contributed by atoms with E-state index in [0.29, 0.717) is 11.4 Å². The van der Waals surface area contributed by atoms with E-state index in [1.807, 2.05) is 4.72 Å². The van der Waals surface area contributed by atoms with Gasteiger partial charge in [0, 0.05) is 11.6 Å². The fourth-order valence-electron chi connectivity index (χ4n) is 1.71. The molecule has 0 bridgehead atoms. The van der Waals surface area contributed by atoms with E-state index >= 15 is 0 Å². The molecule has 0 saturated heterocycles. The maximum Gasteiger partial charge on any atom is 0.349 e. The summed E-state index contributed by atoms with van der Waals surface area (Å²) in [6.45, 7) is 2.24. The van der Waals surface area contributed by atoms with Crippen LogP contribution in [0, 0.1) is 0 Å². The van der Waals surface area contributed by atoms with Gasteiger partial charge in [0.2, 0.25) is 16.3 Å². The number of unbranched alkanes of at least 4 members (excludes halogenated alkanes) is 3. The van der Waals surface area contributed by atoms with Crippen molar-refractivity contribution in [1.82, 2.24) is 4.72 Å². The zero-order valence-electron chi connectivity index (χ0n) is 12.3. The number of rotatable bonds is 10. The molecule has 0 aliphatic carbocycles. The zero-order valence-corrected chi connectivity index (χ0v) is 13.9. The Kier molecular flexibility index (Phi) is 7.81. The molecule has 22 heavy (non-hydrogen) atoms. The van der Waals surface area contributed by atoms with E-state index in [9.17, 15) is 13.2 Å². The molecule has 6 nitrogen and oxygen atoms in total. The molecule has 0 amide bonds. The van der Waals surface area contributed by atoms with Crippen molar-refractivity contribution in [3.05, 3.63) is 29.3 Å². The SMILES string of the molecule is CCCCCCOC(NS(=O)(=O)c1ccc(Cl)cc1)C(=O)O. The first-order valence-corrected chi connectivity index (χ1v) is 8.85. The maximum atomic E-state index is 12.1. The molecular weight excluding hydrogens is 330 g/mol. The van der Waals surface area contributed by atoms with Crippen LogP contribution < -0.4 is 4.72 Å². The molecule has 2 N–H and O–H groups in total. The summed E-state index contributed by atoms with van der Waals surface area (Å²) in [5.74, 6) is -1.38. The summed E-state index contributed by atoms with van der Waals surface area (Å²) in [5.41, 5.74) is 0. The van der Waals surface area contributed by atoms with Crippen LogP contribution in [0.4, 0.5) is 0 Å². The molecule has 0 aromatic heterocycles. The summed E-state index contributed by atoms with van der Waals surface area (Å²) in [7, 11) is -3.98. The number of ether oxygens (including phenoxy) is 1. The second-order valence-corrected chi connectivity index (χ2v) is 6.88. The molecule has 124 valence electrons. The third-order valence-corrected chi connectivity index (χ3v) is 4.56. The van der Waals surface area contributed by atoms with Crippen LogP contribution in [0.2, 0.25) is 5.02 Å². The zero-order chi connectivity index (χ0) is 16.6. The Morgan fingerprint density at radius 3 is 2.45 bits per heavy atom. The van der Waals surface area contributed by atoms with E-state index in [2.05, 4.69) is 6.92 Å². The van der Waals surface area contributed by atoms with Gasteiger partial charge in [-0.2, -0.15) is 4.72 Å². The number of halogens is 1. The van der Waals surface area contributed by atoms with Gasteiger partial charge in [-0.3, -0.25) is 0 Å². The normalized spacial score (nSPS) is 13.0. The number of aliphatic carboxylic acids is 1. The van der Waals surface area contributed by atoms with Crippen LogP contribution in [-0.2, 0) is 19.6 Å². The van der Waals surface area contributed by atoms with Crippen molar-refractivity contribution < 1.29 is 23.1 Å². The lowest BCUT2D eigenvalue weighted by Crippen LogP contribution is -2.42. The van der Waals surface area contributed by atoms with Gasteiger partial charge < -0.3 is 9.84 Å². The van der Waals surface area contributed by atoms with Gasteiger partial charge in [-0.1, -0.05) is 37.8 Å². The third-order valence-electron chi connectivity index (χ3n) is 2.89. The highest BCUT2D eigenvalue weighted by Gasteiger charge is 2.25. The Bertz CT molecular complexity index is 573. The molecule has 0 aliphatic heterocycles. The number of hydrogen-bond donors (Lipinski definition) is 2. The Morgan fingerprint density at radius 1 is 1.27 bits per heavy atom. The number of benzene rings is 1. The van der Waals surface area contributed by atoms with Crippen LogP contribution >= 0.6 is 11.6 Å². The van der Waals surface area contributed by atoms with E-state index in [0.717, 1.165) is 19.3 Å². The lowest BCUT2D eigenvalue weighted by Gasteiger charge is -2.15. The molecule has 0 heterocycles. The first kappa shape index (κ1) is 18.9. The van der Waals surface area contributed by atoms with Crippen LogP contribution in [0.25, 0.3) is 0 Å². The van der Waals surface area contributed by atoms with Crippen molar-refractivity contribution in [2.75, 3.05) is 6.61 Å². The van der Waals surface area contributed by atoms with E-state index in [1.54, 1.807) is 0 Å². The fraction of sp³-hybridized carbons (Fsp3) is 0.500. The van der Waals surface area contributed by atoms with Crippen LogP contribution in [0.1, 0.15) is 32.6 Å². The Hall–Kier alpha value is -1.15. The van der Waals surface area contributed by atoms with Crippen LogP contribution in [-0.4, -0.2) is 32.3 Å². The third kappa shape index (κ3) is 6.31. The van der Waals surface area contributed by atoms with E-state index in [1.165, 1.54) is 24.3 Å². The van der Waals surface area contributed by atoms with Crippen molar-refractivity contribution in [1.29, 1.82) is 0 Å². The average Bonchev–Trinajstić information content (AvgIpc) is 2.46. The summed E-state index contributed by atoms with van der Waals surface area (Å²) in [6.07, 6.45) is 2.05. The van der Waals surface area contributed by atoms with Gasteiger partial charge in [-0.15, -0.1) is 0 Å². The Morgan fingerprint density at radius 2 is 1.91 bits per heavy atom. The van der Waals surface area contributed by atoms with Gasteiger partial charge in [0.1, 0.15) is 0 Å². The van der Waals surface area contributed by atoms with Crippen molar-refractivity contribution in [2.45, 2.75) is 43.7 Å². The predicted octanol–water partition coefficient (Wildman–Crippen LogP) is 2.63. The van der Waals surface area contributed by atoms with Crippen molar-refractivity contribution in [2.24, 2.45) is 0 Å². The lowest BCUT2D eigenvalue weighted by atomic mass is 10.2. The highest BCUT2D eigenvalue weighted by Crippen LogP contribution is 2.14. The predicted molar refractivity (Wildman–Crippen MR) is 83.3 cm³/mol. The van der Waals surface area contributed by atoms with E-state index in [-0.39, 0.29) is 11.5 Å². The molecular formula is C14H20ClNO5S. The summed E-state index contributed by atoms with van der Waals surface area (Å²) >= 11 is 5.69. The largest absolute Gasteiger partial charge is 0.478 e. The molecule has 1 rings (SSSR count). The second-order valence-electron chi connectivity index (χ2n) is 4.72.